The molecule has 1 heterocycles. The molecule has 0 aromatic heterocycles. The van der Waals surface area contributed by atoms with Crippen LogP contribution in [0.15, 0.2) is 34.0 Å². The van der Waals surface area contributed by atoms with Crippen molar-refractivity contribution in [1.29, 1.82) is 0 Å². The van der Waals surface area contributed by atoms with Crippen molar-refractivity contribution >= 4 is 11.8 Å². The highest BCUT2D eigenvalue weighted by Crippen LogP contribution is 2.50. The summed E-state index contributed by atoms with van der Waals surface area (Å²) in [6, 6.07) is 6.52. The van der Waals surface area contributed by atoms with Crippen LogP contribution >= 0.6 is 11.8 Å². The third-order valence-corrected chi connectivity index (χ3v) is 7.42. The van der Waals surface area contributed by atoms with Crippen molar-refractivity contribution in [2.24, 2.45) is 5.73 Å². The number of nitrogens with two attached hydrogens (primary N) is 1. The lowest BCUT2D eigenvalue weighted by Gasteiger charge is -2.39. The van der Waals surface area contributed by atoms with Crippen LogP contribution in [0.25, 0.3) is 11.1 Å². The van der Waals surface area contributed by atoms with Crippen molar-refractivity contribution in [3.63, 3.8) is 0 Å². The summed E-state index contributed by atoms with van der Waals surface area (Å²) in [6.45, 7) is -0.582. The van der Waals surface area contributed by atoms with Gasteiger partial charge < -0.3 is 45.1 Å². The van der Waals surface area contributed by atoms with E-state index in [1.165, 1.54) is 26.0 Å². The molecule has 1 fully saturated rings. The maximum atomic E-state index is 12.7. The van der Waals surface area contributed by atoms with E-state index in [1.54, 1.807) is 18.2 Å². The van der Waals surface area contributed by atoms with Crippen molar-refractivity contribution in [3.8, 4) is 28.4 Å². The van der Waals surface area contributed by atoms with E-state index in [1.807, 2.05) is 12.3 Å². The summed E-state index contributed by atoms with van der Waals surface area (Å²) >= 11 is 1.35. The molecule has 0 saturated carbocycles. The van der Waals surface area contributed by atoms with E-state index < -0.39 is 43.4 Å². The molecular weight excluding hydrogens is 490 g/mol. The number of ether oxygens (including phenoxy) is 4. The first-order valence-electron chi connectivity index (χ1n) is 11.5. The fraction of sp³-hybridized carbons (Fsp3) is 0.480. The van der Waals surface area contributed by atoms with Crippen LogP contribution in [-0.4, -0.2) is 78.2 Å². The average Bonchev–Trinajstić information content (AvgIpc) is 3.12. The number of hydrogen-bond donors (Lipinski definition) is 5. The van der Waals surface area contributed by atoms with Crippen molar-refractivity contribution < 1.29 is 39.4 Å². The topological polar surface area (TPSA) is 161 Å². The number of hydrogen-bond acceptors (Lipinski definition) is 11. The average molecular weight is 522 g/mol. The van der Waals surface area contributed by atoms with E-state index in [-0.39, 0.29) is 16.9 Å². The zero-order chi connectivity index (χ0) is 26.1. The zero-order valence-electron chi connectivity index (χ0n) is 20.2. The van der Waals surface area contributed by atoms with Crippen molar-refractivity contribution in [2.75, 3.05) is 27.1 Å². The third kappa shape index (κ3) is 4.68. The van der Waals surface area contributed by atoms with Crippen LogP contribution in [0.3, 0.4) is 0 Å². The van der Waals surface area contributed by atoms with Crippen LogP contribution in [0.2, 0.25) is 0 Å². The lowest BCUT2D eigenvalue weighted by Crippen LogP contribution is -2.60. The summed E-state index contributed by atoms with van der Waals surface area (Å²) in [5, 5.41) is 40.2. The van der Waals surface area contributed by atoms with Gasteiger partial charge in [0.05, 0.1) is 25.7 Å². The number of rotatable bonds is 6. The lowest BCUT2D eigenvalue weighted by atomic mass is 9.95. The normalized spacial score (nSPS) is 27.4. The molecule has 10 nitrogen and oxygen atoms in total. The fourth-order valence-electron chi connectivity index (χ4n) is 4.72. The largest absolute Gasteiger partial charge is 0.492 e. The molecule has 0 bridgehead atoms. The summed E-state index contributed by atoms with van der Waals surface area (Å²) < 4.78 is 22.9. The molecule has 0 radical (unpaired) electrons. The molecule has 0 spiro atoms. The van der Waals surface area contributed by atoms with Gasteiger partial charge in [0.15, 0.2) is 16.9 Å². The number of aliphatic hydroxyl groups is 4. The van der Waals surface area contributed by atoms with Gasteiger partial charge in [-0.3, -0.25) is 4.79 Å². The Bertz CT molecular complexity index is 1180. The molecular formula is C25H31NO9S. The third-order valence-electron chi connectivity index (χ3n) is 6.64. The number of methoxy groups -OCH3 is 2. The maximum absolute atomic E-state index is 12.7. The second kappa shape index (κ2) is 10.9. The highest BCUT2D eigenvalue weighted by atomic mass is 32.2. The minimum absolute atomic E-state index is 0.115. The van der Waals surface area contributed by atoms with Gasteiger partial charge in [0.25, 0.3) is 0 Å². The van der Waals surface area contributed by atoms with Crippen molar-refractivity contribution in [2.45, 2.75) is 54.5 Å². The Morgan fingerprint density at radius 2 is 1.81 bits per heavy atom. The van der Waals surface area contributed by atoms with E-state index in [9.17, 15) is 25.2 Å². The highest BCUT2D eigenvalue weighted by Gasteiger charge is 2.45. The van der Waals surface area contributed by atoms with Gasteiger partial charge in [0.2, 0.25) is 12.0 Å². The molecule has 36 heavy (non-hydrogen) atoms. The predicted octanol–water partition coefficient (Wildman–Crippen LogP) is 0.578. The highest BCUT2D eigenvalue weighted by molar-refractivity contribution is 7.98. The van der Waals surface area contributed by atoms with Crippen LogP contribution < -0.4 is 25.4 Å². The molecule has 6 N–H and O–H groups in total. The molecule has 2 aromatic rings. The monoisotopic (exact) mass is 521 g/mol. The fourth-order valence-corrected chi connectivity index (χ4v) is 5.19. The Morgan fingerprint density at radius 3 is 2.44 bits per heavy atom. The second-order valence-corrected chi connectivity index (χ2v) is 9.56. The minimum Gasteiger partial charge on any atom is -0.492 e. The van der Waals surface area contributed by atoms with Gasteiger partial charge in [0, 0.05) is 11.6 Å². The maximum Gasteiger partial charge on any atom is 0.229 e. The molecule has 196 valence electrons. The summed E-state index contributed by atoms with van der Waals surface area (Å²) in [5.74, 6) is 0.715. The van der Waals surface area contributed by atoms with E-state index in [2.05, 4.69) is 0 Å². The Balaban J connectivity index is 1.87. The first-order chi connectivity index (χ1) is 17.2. The van der Waals surface area contributed by atoms with Gasteiger partial charge >= 0.3 is 0 Å². The van der Waals surface area contributed by atoms with Crippen LogP contribution in [-0.2, 0) is 11.2 Å². The van der Waals surface area contributed by atoms with Gasteiger partial charge in [-0.1, -0.05) is 6.07 Å². The van der Waals surface area contributed by atoms with Crippen molar-refractivity contribution in [3.05, 3.63) is 45.6 Å². The smallest absolute Gasteiger partial charge is 0.229 e. The molecule has 1 aliphatic heterocycles. The van der Waals surface area contributed by atoms with Crippen LogP contribution in [0.5, 0.6) is 17.2 Å². The van der Waals surface area contributed by atoms with Gasteiger partial charge in [-0.2, -0.15) is 0 Å². The quantitative estimate of drug-likeness (QED) is 0.338. The Kier molecular flexibility index (Phi) is 8.10. The SMILES string of the molecule is COc1c(O[C@@H]2O[C@H](CO)[C@@H](O)[C@H](O)[C@H]2O)cc2c(c1OC)-c1ccc(SC)c(=O)cc1[C@@H](N)CC2. The van der Waals surface area contributed by atoms with Gasteiger partial charge in [0.1, 0.15) is 24.4 Å². The first-order valence-corrected chi connectivity index (χ1v) is 12.7. The standard InChI is InChI=1S/C25H31NO9S/c1-32-23-16(34-25-22(31)21(30)20(29)17(10-27)35-25)8-11-4-6-14(26)13-9-15(28)18(36-3)7-5-12(13)19(11)24(23)33-2/h5,7-9,14,17,20-22,25,27,29-31H,4,6,10,26H2,1-3H3/t14-,17+,20+,21-,22+,25+/m0/s1. The minimum atomic E-state index is -1.59. The summed E-state index contributed by atoms with van der Waals surface area (Å²) in [6.07, 6.45) is -4.30. The first kappa shape index (κ1) is 26.7. The molecule has 1 saturated heterocycles. The molecule has 0 unspecified atom stereocenters. The molecule has 6 atom stereocenters. The van der Waals surface area contributed by atoms with Crippen molar-refractivity contribution in [1.82, 2.24) is 0 Å². The van der Waals surface area contributed by atoms with Gasteiger partial charge in [-0.05, 0) is 54.0 Å². The summed E-state index contributed by atoms with van der Waals surface area (Å²) in [7, 11) is 2.91. The molecule has 4 rings (SSSR count). The molecule has 1 aliphatic carbocycles. The lowest BCUT2D eigenvalue weighted by molar-refractivity contribution is -0.277. The summed E-state index contributed by atoms with van der Waals surface area (Å²) in [4.78, 5) is 13.3. The molecule has 0 amide bonds. The Morgan fingerprint density at radius 1 is 1.08 bits per heavy atom. The van der Waals surface area contributed by atoms with E-state index in [0.717, 1.165) is 11.1 Å². The molecule has 11 heteroatoms. The summed E-state index contributed by atoms with van der Waals surface area (Å²) in [5.41, 5.74) is 9.33. The van der Waals surface area contributed by atoms with E-state index in [0.29, 0.717) is 34.6 Å². The van der Waals surface area contributed by atoms with Gasteiger partial charge in [-0.25, -0.2) is 0 Å². The predicted molar refractivity (Wildman–Crippen MR) is 133 cm³/mol. The van der Waals surface area contributed by atoms with E-state index in [4.69, 9.17) is 24.7 Å². The van der Waals surface area contributed by atoms with Gasteiger partial charge in [-0.15, -0.1) is 11.8 Å². The van der Waals surface area contributed by atoms with Crippen LogP contribution in [0, 0.1) is 0 Å². The Hall–Kier alpha value is -2.38. The molecule has 2 aromatic carbocycles. The number of aryl methyl sites for hydroxylation is 1. The Labute approximate surface area is 212 Å². The van der Waals surface area contributed by atoms with E-state index >= 15 is 0 Å². The number of aliphatic hydroxyl groups excluding tert-OH is 4. The number of benzene rings is 1. The van der Waals surface area contributed by atoms with Crippen LogP contribution in [0.4, 0.5) is 0 Å². The van der Waals surface area contributed by atoms with Crippen LogP contribution in [0.1, 0.15) is 23.6 Å². The molecule has 2 aliphatic rings. The second-order valence-electron chi connectivity index (χ2n) is 8.71. The number of thioether (sulfide) groups is 1. The zero-order valence-corrected chi connectivity index (χ0v) is 21.0. The number of fused-ring (bicyclic) bond motifs is 3.